The summed E-state index contributed by atoms with van der Waals surface area (Å²) < 4.78 is 5.22. The molecule has 24 heavy (non-hydrogen) atoms. The van der Waals surface area contributed by atoms with E-state index in [0.29, 0.717) is 5.02 Å². The molecule has 1 aliphatic heterocycles. The highest BCUT2D eigenvalue weighted by Gasteiger charge is 2.52. The van der Waals surface area contributed by atoms with Crippen LogP contribution in [0.5, 0.6) is 5.75 Å². The van der Waals surface area contributed by atoms with Crippen LogP contribution in [0.1, 0.15) is 24.0 Å². The third kappa shape index (κ3) is 2.40. The van der Waals surface area contributed by atoms with Crippen LogP contribution in [0.3, 0.4) is 0 Å². The van der Waals surface area contributed by atoms with Crippen molar-refractivity contribution in [3.05, 3.63) is 52.7 Å². The standard InChI is InChI=1S/C19H18ClN3O/c1-24-16-4-2-13(3-5-16)11-23-12-19(7-14(8-19)9-21)17-6-15(20)10-22-18(17)23/h2-6,10,14H,7-8,11-12H2,1H3/t14-,19-. The number of aromatic nitrogens is 1. The fraction of sp³-hybridized carbons (Fsp3) is 0.368. The fourth-order valence-electron chi connectivity index (χ4n) is 4.01. The van der Waals surface area contributed by atoms with Crippen LogP contribution < -0.4 is 9.64 Å². The summed E-state index contributed by atoms with van der Waals surface area (Å²) in [6.45, 7) is 1.70. The molecule has 1 spiro atoms. The molecule has 4 rings (SSSR count). The van der Waals surface area contributed by atoms with Gasteiger partial charge in [-0.1, -0.05) is 23.7 Å². The molecule has 0 radical (unpaired) electrons. The minimum Gasteiger partial charge on any atom is -0.497 e. The van der Waals surface area contributed by atoms with Gasteiger partial charge in [-0.15, -0.1) is 0 Å². The normalized spacial score (nSPS) is 24.4. The largest absolute Gasteiger partial charge is 0.497 e. The molecule has 4 nitrogen and oxygen atoms in total. The lowest BCUT2D eigenvalue weighted by Crippen LogP contribution is -2.44. The predicted molar refractivity (Wildman–Crippen MR) is 93.3 cm³/mol. The average molecular weight is 340 g/mol. The Morgan fingerprint density at radius 3 is 2.79 bits per heavy atom. The average Bonchev–Trinajstić information content (AvgIpc) is 2.88. The van der Waals surface area contributed by atoms with Gasteiger partial charge in [0.05, 0.1) is 18.2 Å². The van der Waals surface area contributed by atoms with E-state index in [2.05, 4.69) is 28.1 Å². The molecule has 2 aromatic rings. The molecule has 122 valence electrons. The van der Waals surface area contributed by atoms with Gasteiger partial charge in [-0.3, -0.25) is 0 Å². The number of halogens is 1. The van der Waals surface area contributed by atoms with Crippen LogP contribution in [-0.2, 0) is 12.0 Å². The highest BCUT2D eigenvalue weighted by Crippen LogP contribution is 2.55. The summed E-state index contributed by atoms with van der Waals surface area (Å²) in [6.07, 6.45) is 3.51. The molecular weight excluding hydrogens is 322 g/mol. The molecule has 0 N–H and O–H groups in total. The number of nitriles is 1. The van der Waals surface area contributed by atoms with Gasteiger partial charge in [0.2, 0.25) is 0 Å². The number of ether oxygens (including phenoxy) is 1. The van der Waals surface area contributed by atoms with E-state index >= 15 is 0 Å². The molecule has 0 saturated heterocycles. The van der Waals surface area contributed by atoms with Crippen LogP contribution in [0.4, 0.5) is 5.82 Å². The smallest absolute Gasteiger partial charge is 0.132 e. The quantitative estimate of drug-likeness (QED) is 0.850. The molecule has 5 heteroatoms. The van der Waals surface area contributed by atoms with Gasteiger partial charge >= 0.3 is 0 Å². The van der Waals surface area contributed by atoms with E-state index in [0.717, 1.165) is 37.5 Å². The Bertz CT molecular complexity index is 806. The van der Waals surface area contributed by atoms with Gasteiger partial charge in [0, 0.05) is 36.2 Å². The van der Waals surface area contributed by atoms with E-state index in [1.54, 1.807) is 13.3 Å². The fourth-order valence-corrected chi connectivity index (χ4v) is 4.16. The Morgan fingerprint density at radius 2 is 2.12 bits per heavy atom. The van der Waals surface area contributed by atoms with E-state index in [9.17, 15) is 0 Å². The van der Waals surface area contributed by atoms with Gasteiger partial charge in [-0.25, -0.2) is 4.98 Å². The summed E-state index contributed by atoms with van der Waals surface area (Å²) in [4.78, 5) is 6.89. The molecule has 2 heterocycles. The Morgan fingerprint density at radius 1 is 1.38 bits per heavy atom. The molecule has 0 amide bonds. The topological polar surface area (TPSA) is 49.1 Å². The number of pyridine rings is 1. The van der Waals surface area contributed by atoms with Crippen LogP contribution in [0.25, 0.3) is 0 Å². The van der Waals surface area contributed by atoms with E-state index < -0.39 is 0 Å². The van der Waals surface area contributed by atoms with E-state index in [1.807, 2.05) is 18.2 Å². The Balaban J connectivity index is 1.62. The first kappa shape index (κ1) is 15.3. The van der Waals surface area contributed by atoms with Crippen molar-refractivity contribution in [2.75, 3.05) is 18.6 Å². The maximum absolute atomic E-state index is 9.17. The van der Waals surface area contributed by atoms with E-state index in [4.69, 9.17) is 21.6 Å². The molecule has 2 aliphatic rings. The van der Waals surface area contributed by atoms with Crippen molar-refractivity contribution in [1.82, 2.24) is 4.98 Å². The second-order valence-corrected chi connectivity index (χ2v) is 7.18. The van der Waals surface area contributed by atoms with Gasteiger partial charge in [0.25, 0.3) is 0 Å². The second kappa shape index (κ2) is 5.68. The number of benzene rings is 1. The number of rotatable bonds is 3. The lowest BCUT2D eigenvalue weighted by atomic mass is 9.60. The zero-order chi connectivity index (χ0) is 16.7. The molecule has 1 saturated carbocycles. The first-order valence-electron chi connectivity index (χ1n) is 8.07. The first-order chi connectivity index (χ1) is 11.6. The van der Waals surface area contributed by atoms with Crippen molar-refractivity contribution >= 4 is 17.4 Å². The summed E-state index contributed by atoms with van der Waals surface area (Å²) in [6, 6.07) is 12.5. The maximum atomic E-state index is 9.17. The number of hydrogen-bond donors (Lipinski definition) is 0. The van der Waals surface area contributed by atoms with Crippen molar-refractivity contribution in [2.45, 2.75) is 24.8 Å². The Labute approximate surface area is 146 Å². The SMILES string of the molecule is COc1ccc(CN2C[C@]3(C[C@@H](C#N)C3)c3cc(Cl)cnc32)cc1. The van der Waals surface area contributed by atoms with Crippen LogP contribution >= 0.6 is 11.6 Å². The van der Waals surface area contributed by atoms with Crippen LogP contribution in [0, 0.1) is 17.2 Å². The van der Waals surface area contributed by atoms with E-state index in [1.165, 1.54) is 11.1 Å². The highest BCUT2D eigenvalue weighted by molar-refractivity contribution is 6.30. The zero-order valence-electron chi connectivity index (χ0n) is 13.5. The molecule has 0 atom stereocenters. The van der Waals surface area contributed by atoms with Crippen molar-refractivity contribution < 1.29 is 4.74 Å². The molecule has 1 fully saturated rings. The van der Waals surface area contributed by atoms with Gasteiger partial charge in [-0.2, -0.15) is 5.26 Å². The molecular formula is C19H18ClN3O. The maximum Gasteiger partial charge on any atom is 0.132 e. The molecule has 1 aliphatic carbocycles. The summed E-state index contributed by atoms with van der Waals surface area (Å²) in [5, 5.41) is 9.83. The van der Waals surface area contributed by atoms with Gasteiger partial charge in [0.1, 0.15) is 11.6 Å². The van der Waals surface area contributed by atoms with Crippen molar-refractivity contribution in [3.63, 3.8) is 0 Å². The van der Waals surface area contributed by atoms with Crippen molar-refractivity contribution in [1.29, 1.82) is 5.26 Å². The third-order valence-electron chi connectivity index (χ3n) is 5.19. The van der Waals surface area contributed by atoms with Crippen LogP contribution in [0.15, 0.2) is 36.5 Å². The van der Waals surface area contributed by atoms with Crippen LogP contribution in [-0.4, -0.2) is 18.6 Å². The molecule has 1 aromatic carbocycles. The molecule has 0 bridgehead atoms. The monoisotopic (exact) mass is 339 g/mol. The summed E-state index contributed by atoms with van der Waals surface area (Å²) >= 11 is 6.18. The number of nitrogens with zero attached hydrogens (tertiary/aromatic N) is 3. The number of hydrogen-bond acceptors (Lipinski definition) is 4. The highest BCUT2D eigenvalue weighted by atomic mass is 35.5. The summed E-state index contributed by atoms with van der Waals surface area (Å²) in [7, 11) is 1.67. The van der Waals surface area contributed by atoms with Crippen molar-refractivity contribution in [2.24, 2.45) is 5.92 Å². The lowest BCUT2D eigenvalue weighted by Gasteiger charge is -2.42. The van der Waals surface area contributed by atoms with Crippen LogP contribution in [0.2, 0.25) is 5.02 Å². The number of fused-ring (bicyclic) bond motifs is 2. The van der Waals surface area contributed by atoms with Gasteiger partial charge < -0.3 is 9.64 Å². The molecule has 1 aromatic heterocycles. The first-order valence-corrected chi connectivity index (χ1v) is 8.45. The van der Waals surface area contributed by atoms with Gasteiger partial charge in [-0.05, 0) is 36.6 Å². The van der Waals surface area contributed by atoms with E-state index in [-0.39, 0.29) is 11.3 Å². The lowest BCUT2D eigenvalue weighted by molar-refractivity contribution is 0.202. The van der Waals surface area contributed by atoms with Gasteiger partial charge in [0.15, 0.2) is 0 Å². The summed E-state index contributed by atoms with van der Waals surface area (Å²) in [5.41, 5.74) is 2.46. The number of methoxy groups -OCH3 is 1. The number of anilines is 1. The second-order valence-electron chi connectivity index (χ2n) is 6.74. The van der Waals surface area contributed by atoms with Crippen molar-refractivity contribution in [3.8, 4) is 11.8 Å². The molecule has 0 unspecified atom stereocenters. The zero-order valence-corrected chi connectivity index (χ0v) is 14.3. The minimum absolute atomic E-state index is 0.0418. The summed E-state index contributed by atoms with van der Waals surface area (Å²) in [5.74, 6) is 2.02. The Kier molecular flexibility index (Phi) is 3.62. The predicted octanol–water partition coefficient (Wildman–Crippen LogP) is 3.94. The Hall–Kier alpha value is -2.25. The minimum atomic E-state index is 0.0418. The third-order valence-corrected chi connectivity index (χ3v) is 5.39.